The fourth-order valence-electron chi connectivity index (χ4n) is 3.08. The second kappa shape index (κ2) is 8.11. The van der Waals surface area contributed by atoms with Crippen LogP contribution in [-0.2, 0) is 11.2 Å². The van der Waals surface area contributed by atoms with E-state index in [1.807, 2.05) is 35.2 Å². The molecule has 1 amide bonds. The Hall–Kier alpha value is -1.71. The number of para-hydroxylation sites is 2. The second-order valence-electron chi connectivity index (χ2n) is 6.62. The molecule has 3 rings (SSSR count). The maximum absolute atomic E-state index is 12.7. The summed E-state index contributed by atoms with van der Waals surface area (Å²) in [5.41, 5.74) is 2.47. The minimum absolute atomic E-state index is 0.173. The number of piperidine rings is 1. The number of hydrogen-bond acceptors (Lipinski definition) is 2. The first kappa shape index (κ1) is 18.1. The number of likely N-dealkylation sites (tertiary alicyclic amines) is 1. The van der Waals surface area contributed by atoms with Crippen LogP contribution in [-0.4, -0.2) is 23.9 Å². The zero-order valence-corrected chi connectivity index (χ0v) is 15.8. The van der Waals surface area contributed by atoms with Gasteiger partial charge in [0.05, 0.1) is 22.2 Å². The van der Waals surface area contributed by atoms with E-state index in [0.29, 0.717) is 28.1 Å². The van der Waals surface area contributed by atoms with Gasteiger partial charge in [0.15, 0.2) is 0 Å². The number of amides is 1. The van der Waals surface area contributed by atoms with E-state index >= 15 is 0 Å². The highest BCUT2D eigenvalue weighted by atomic mass is 35.5. The Morgan fingerprint density at radius 2 is 1.72 bits per heavy atom. The number of anilines is 2. The summed E-state index contributed by atoms with van der Waals surface area (Å²) < 4.78 is 0. The van der Waals surface area contributed by atoms with Gasteiger partial charge in [-0.1, -0.05) is 54.4 Å². The molecular weight excluding hydrogens is 355 g/mol. The minimum Gasteiger partial charge on any atom is -0.353 e. The lowest BCUT2D eigenvalue weighted by Gasteiger charge is -2.30. The van der Waals surface area contributed by atoms with Gasteiger partial charge in [0.25, 0.3) is 0 Å². The molecule has 0 aliphatic carbocycles. The number of nitrogens with one attached hydrogen (secondary N) is 1. The third-order valence-electron chi connectivity index (χ3n) is 4.72. The zero-order valence-electron chi connectivity index (χ0n) is 14.3. The molecule has 1 saturated heterocycles. The van der Waals surface area contributed by atoms with E-state index in [9.17, 15) is 4.79 Å². The molecule has 3 nitrogen and oxygen atoms in total. The number of carbonyl (C=O) groups excluding carboxylic acids is 1. The molecule has 1 N–H and O–H groups in total. The van der Waals surface area contributed by atoms with Crippen LogP contribution in [0.3, 0.4) is 0 Å². The van der Waals surface area contributed by atoms with Gasteiger partial charge in [0.1, 0.15) is 0 Å². The maximum atomic E-state index is 12.7. The van der Waals surface area contributed by atoms with Crippen LogP contribution < -0.4 is 5.32 Å². The third-order valence-corrected chi connectivity index (χ3v) is 5.35. The Labute approximate surface area is 158 Å². The van der Waals surface area contributed by atoms with Crippen molar-refractivity contribution in [3.8, 4) is 0 Å². The summed E-state index contributed by atoms with van der Waals surface area (Å²) in [5.74, 6) is 0.881. The Kier molecular flexibility index (Phi) is 5.87. The summed E-state index contributed by atoms with van der Waals surface area (Å²) >= 11 is 12.5. The Morgan fingerprint density at radius 3 is 2.40 bits per heavy atom. The van der Waals surface area contributed by atoms with Crippen LogP contribution in [0.15, 0.2) is 42.5 Å². The summed E-state index contributed by atoms with van der Waals surface area (Å²) in [7, 11) is 0. The largest absolute Gasteiger partial charge is 0.353 e. The molecule has 0 bridgehead atoms. The molecule has 0 saturated carbocycles. The third kappa shape index (κ3) is 4.47. The van der Waals surface area contributed by atoms with E-state index in [2.05, 4.69) is 12.2 Å². The van der Waals surface area contributed by atoms with Crippen LogP contribution in [0.1, 0.15) is 25.3 Å². The van der Waals surface area contributed by atoms with Gasteiger partial charge >= 0.3 is 0 Å². The van der Waals surface area contributed by atoms with Crippen LogP contribution >= 0.6 is 23.2 Å². The van der Waals surface area contributed by atoms with E-state index < -0.39 is 0 Å². The molecule has 132 valence electrons. The van der Waals surface area contributed by atoms with Gasteiger partial charge in [-0.25, -0.2) is 0 Å². The molecule has 0 spiro atoms. The van der Waals surface area contributed by atoms with Gasteiger partial charge in [-0.05, 0) is 42.5 Å². The molecule has 0 unspecified atom stereocenters. The number of carbonyl (C=O) groups is 1. The van der Waals surface area contributed by atoms with E-state index in [1.165, 1.54) is 0 Å². The molecule has 5 heteroatoms. The quantitative estimate of drug-likeness (QED) is 0.759. The lowest BCUT2D eigenvalue weighted by Crippen LogP contribution is -2.38. The first-order chi connectivity index (χ1) is 12.0. The second-order valence-corrected chi connectivity index (χ2v) is 7.43. The van der Waals surface area contributed by atoms with E-state index in [0.717, 1.165) is 37.2 Å². The highest BCUT2D eigenvalue weighted by Gasteiger charge is 2.21. The van der Waals surface area contributed by atoms with Crippen molar-refractivity contribution in [2.45, 2.75) is 26.2 Å². The highest BCUT2D eigenvalue weighted by molar-refractivity contribution is 6.39. The predicted molar refractivity (Wildman–Crippen MR) is 105 cm³/mol. The fourth-order valence-corrected chi connectivity index (χ4v) is 3.57. The van der Waals surface area contributed by atoms with Crippen molar-refractivity contribution < 1.29 is 4.79 Å². The first-order valence-electron chi connectivity index (χ1n) is 8.61. The van der Waals surface area contributed by atoms with Crippen molar-refractivity contribution >= 4 is 40.5 Å². The molecule has 2 aromatic carbocycles. The van der Waals surface area contributed by atoms with Crippen molar-refractivity contribution in [1.82, 2.24) is 4.90 Å². The molecule has 0 atom stereocenters. The van der Waals surface area contributed by atoms with Crippen molar-refractivity contribution in [3.05, 3.63) is 58.1 Å². The normalized spacial score (nSPS) is 15.2. The molecule has 0 radical (unpaired) electrons. The van der Waals surface area contributed by atoms with Crippen molar-refractivity contribution in [1.29, 1.82) is 0 Å². The number of hydrogen-bond donors (Lipinski definition) is 1. The van der Waals surface area contributed by atoms with Crippen LogP contribution in [0.5, 0.6) is 0 Å². The van der Waals surface area contributed by atoms with Gasteiger partial charge in [0.2, 0.25) is 5.91 Å². The number of rotatable bonds is 4. The van der Waals surface area contributed by atoms with Gasteiger partial charge in [-0.2, -0.15) is 0 Å². The van der Waals surface area contributed by atoms with E-state index in [1.54, 1.807) is 12.1 Å². The van der Waals surface area contributed by atoms with Crippen molar-refractivity contribution in [2.24, 2.45) is 5.92 Å². The predicted octanol–water partition coefficient (Wildman–Crippen LogP) is 5.54. The van der Waals surface area contributed by atoms with Crippen LogP contribution in [0.4, 0.5) is 11.4 Å². The van der Waals surface area contributed by atoms with Gasteiger partial charge in [0, 0.05) is 18.8 Å². The topological polar surface area (TPSA) is 32.3 Å². The lowest BCUT2D eigenvalue weighted by atomic mass is 9.98. The first-order valence-corrected chi connectivity index (χ1v) is 9.37. The van der Waals surface area contributed by atoms with Crippen molar-refractivity contribution in [2.75, 3.05) is 18.4 Å². The van der Waals surface area contributed by atoms with Crippen LogP contribution in [0, 0.1) is 5.92 Å². The standard InChI is InChI=1S/C20H22Cl2N2O/c1-14-9-11-24(12-10-14)19(25)13-15-5-2-3-8-18(15)23-20-16(21)6-4-7-17(20)22/h2-8,14,23H,9-13H2,1H3. The molecule has 1 fully saturated rings. The molecule has 25 heavy (non-hydrogen) atoms. The molecule has 1 aliphatic heterocycles. The molecule has 0 aromatic heterocycles. The zero-order chi connectivity index (χ0) is 17.8. The molecular formula is C20H22Cl2N2O. The number of nitrogens with zero attached hydrogens (tertiary/aromatic N) is 1. The number of benzene rings is 2. The monoisotopic (exact) mass is 376 g/mol. The summed E-state index contributed by atoms with van der Waals surface area (Å²) in [6.45, 7) is 3.95. The lowest BCUT2D eigenvalue weighted by molar-refractivity contribution is -0.131. The Bertz CT molecular complexity index is 735. The molecule has 1 heterocycles. The summed E-state index contributed by atoms with van der Waals surface area (Å²) in [4.78, 5) is 14.6. The summed E-state index contributed by atoms with van der Waals surface area (Å²) in [6, 6.07) is 13.2. The van der Waals surface area contributed by atoms with Crippen LogP contribution in [0.2, 0.25) is 10.0 Å². The fraction of sp³-hybridized carbons (Fsp3) is 0.350. The van der Waals surface area contributed by atoms with Gasteiger partial charge in [-0.15, -0.1) is 0 Å². The molecule has 2 aromatic rings. The summed E-state index contributed by atoms with van der Waals surface area (Å²) in [5, 5.41) is 4.40. The van der Waals surface area contributed by atoms with E-state index in [-0.39, 0.29) is 5.91 Å². The number of halogens is 2. The van der Waals surface area contributed by atoms with Crippen molar-refractivity contribution in [3.63, 3.8) is 0 Å². The maximum Gasteiger partial charge on any atom is 0.227 e. The molecule has 1 aliphatic rings. The highest BCUT2D eigenvalue weighted by Crippen LogP contribution is 2.33. The average Bonchev–Trinajstić information content (AvgIpc) is 2.60. The summed E-state index contributed by atoms with van der Waals surface area (Å²) in [6.07, 6.45) is 2.54. The van der Waals surface area contributed by atoms with Crippen LogP contribution in [0.25, 0.3) is 0 Å². The smallest absolute Gasteiger partial charge is 0.227 e. The Morgan fingerprint density at radius 1 is 1.08 bits per heavy atom. The van der Waals surface area contributed by atoms with E-state index in [4.69, 9.17) is 23.2 Å². The minimum atomic E-state index is 0.173. The van der Waals surface area contributed by atoms with Gasteiger partial charge in [-0.3, -0.25) is 4.79 Å². The SMILES string of the molecule is CC1CCN(C(=O)Cc2ccccc2Nc2c(Cl)cccc2Cl)CC1. The average molecular weight is 377 g/mol. The van der Waals surface area contributed by atoms with Gasteiger partial charge < -0.3 is 10.2 Å². The Balaban J connectivity index is 1.76.